The molecule has 0 spiro atoms. The monoisotopic (exact) mass is 455 g/mol. The van der Waals surface area contributed by atoms with Crippen molar-refractivity contribution in [3.63, 3.8) is 0 Å². The Labute approximate surface area is 190 Å². The van der Waals surface area contributed by atoms with E-state index in [-0.39, 0.29) is 23.1 Å². The summed E-state index contributed by atoms with van der Waals surface area (Å²) >= 11 is 0. The summed E-state index contributed by atoms with van der Waals surface area (Å²) in [7, 11) is -3.37. The van der Waals surface area contributed by atoms with E-state index in [2.05, 4.69) is 65.0 Å². The van der Waals surface area contributed by atoms with Crippen LogP contribution in [0.25, 0.3) is 5.57 Å². The molecule has 2 atom stereocenters. The number of carbonyl (C=O) groups excluding carboxylic acids is 1. The first-order chi connectivity index (χ1) is 14.3. The lowest BCUT2D eigenvalue weighted by Gasteiger charge is -2.38. The van der Waals surface area contributed by atoms with Crippen LogP contribution in [0.1, 0.15) is 32.8 Å². The summed E-state index contributed by atoms with van der Waals surface area (Å²) in [5, 5.41) is 0.140. The molecule has 1 fully saturated rings. The van der Waals surface area contributed by atoms with Crippen molar-refractivity contribution >= 4 is 27.9 Å². The third-order valence-electron chi connectivity index (χ3n) is 6.38. The highest BCUT2D eigenvalue weighted by Crippen LogP contribution is 2.43. The predicted octanol–water partition coefficient (Wildman–Crippen LogP) is 5.30. The molecule has 1 aromatic rings. The molecule has 0 radical (unpaired) electrons. The summed E-state index contributed by atoms with van der Waals surface area (Å²) in [6.45, 7) is 18.9. The highest BCUT2D eigenvalue weighted by molar-refractivity contribution is 6.83. The van der Waals surface area contributed by atoms with Crippen molar-refractivity contribution in [3.05, 3.63) is 41.7 Å². The molecule has 4 nitrogen and oxygen atoms in total. The zero-order valence-corrected chi connectivity index (χ0v) is 22.3. The minimum atomic E-state index is -1.91. The van der Waals surface area contributed by atoms with Crippen molar-refractivity contribution in [1.29, 1.82) is 0 Å². The number of benzene rings is 1. The molecule has 1 saturated heterocycles. The molecule has 3 rings (SSSR count). The lowest BCUT2D eigenvalue weighted by molar-refractivity contribution is -0.124. The number of rotatable bonds is 5. The highest BCUT2D eigenvalue weighted by Gasteiger charge is 2.49. The van der Waals surface area contributed by atoms with Crippen LogP contribution in [-0.2, 0) is 14.0 Å². The maximum Gasteiger partial charge on any atom is 0.258 e. The van der Waals surface area contributed by atoms with Gasteiger partial charge in [-0.2, -0.15) is 0 Å². The molecule has 6 heteroatoms. The number of hydrogen-bond acceptors (Lipinski definition) is 3. The average molecular weight is 456 g/mol. The third kappa shape index (κ3) is 5.33. The van der Waals surface area contributed by atoms with Gasteiger partial charge in [-0.25, -0.2) is 0 Å². The Morgan fingerprint density at radius 3 is 2.32 bits per heavy atom. The van der Waals surface area contributed by atoms with Crippen molar-refractivity contribution in [3.8, 4) is 11.5 Å². The molecule has 0 saturated carbocycles. The molecule has 2 aliphatic rings. The van der Waals surface area contributed by atoms with Gasteiger partial charge in [0.15, 0.2) is 8.32 Å². The molecule has 1 amide bonds. The second-order valence-corrected chi connectivity index (χ2v) is 20.7. The first-order valence-corrected chi connectivity index (χ1v) is 17.6. The summed E-state index contributed by atoms with van der Waals surface area (Å²) in [5.41, 5.74) is 4.95. The standard InChI is InChI=1S/C25H37NO3Si2/c1-25(2,3)31(7,8)29-20-17-21-23(28-15-12-16-30(4,5)6)22(24(27)26(21)18-20)19-13-10-9-11-14-19/h9-11,13-14,20-21H,15,17-18H2,1-8H3/t20-,21+/m1/s1. The van der Waals surface area contributed by atoms with Gasteiger partial charge in [0.2, 0.25) is 0 Å². The molecule has 2 aliphatic heterocycles. The van der Waals surface area contributed by atoms with E-state index in [0.29, 0.717) is 18.7 Å². The molecule has 0 unspecified atom stereocenters. The van der Waals surface area contributed by atoms with Gasteiger partial charge >= 0.3 is 0 Å². The summed E-state index contributed by atoms with van der Waals surface area (Å²) < 4.78 is 12.9. The van der Waals surface area contributed by atoms with Crippen LogP contribution in [0.4, 0.5) is 0 Å². The van der Waals surface area contributed by atoms with E-state index >= 15 is 0 Å². The first-order valence-electron chi connectivity index (χ1n) is 11.2. The van der Waals surface area contributed by atoms with Gasteiger partial charge in [-0.3, -0.25) is 4.79 Å². The summed E-state index contributed by atoms with van der Waals surface area (Å²) in [4.78, 5) is 15.4. The third-order valence-corrected chi connectivity index (χ3v) is 11.8. The number of nitrogens with zero attached hydrogens (tertiary/aromatic N) is 1. The lowest BCUT2D eigenvalue weighted by Crippen LogP contribution is -2.44. The van der Waals surface area contributed by atoms with E-state index in [0.717, 1.165) is 17.7 Å². The molecule has 0 N–H and O–H groups in total. The van der Waals surface area contributed by atoms with E-state index in [1.807, 2.05) is 35.2 Å². The predicted molar refractivity (Wildman–Crippen MR) is 133 cm³/mol. The van der Waals surface area contributed by atoms with Crippen molar-refractivity contribution in [1.82, 2.24) is 4.90 Å². The summed E-state index contributed by atoms with van der Waals surface area (Å²) in [6, 6.07) is 9.79. The maximum atomic E-state index is 13.4. The maximum absolute atomic E-state index is 13.4. The van der Waals surface area contributed by atoms with Gasteiger partial charge in [0.05, 0.1) is 17.7 Å². The molecule has 0 bridgehead atoms. The van der Waals surface area contributed by atoms with Crippen molar-refractivity contribution < 1.29 is 14.0 Å². The summed E-state index contributed by atoms with van der Waals surface area (Å²) in [5.74, 6) is 4.00. The quantitative estimate of drug-likeness (QED) is 0.447. The van der Waals surface area contributed by atoms with E-state index in [4.69, 9.17) is 9.16 Å². The molecule has 31 heavy (non-hydrogen) atoms. The van der Waals surface area contributed by atoms with Gasteiger partial charge in [-0.1, -0.05) is 76.7 Å². The zero-order valence-electron chi connectivity index (χ0n) is 20.3. The molecule has 1 aromatic carbocycles. The van der Waals surface area contributed by atoms with Gasteiger partial charge in [0.25, 0.3) is 5.91 Å². The minimum absolute atomic E-state index is 0.0469. The van der Waals surface area contributed by atoms with Crippen LogP contribution >= 0.6 is 0 Å². The Bertz CT molecular complexity index is 914. The van der Waals surface area contributed by atoms with Crippen LogP contribution in [0.15, 0.2) is 36.1 Å². The van der Waals surface area contributed by atoms with E-state index in [1.54, 1.807) is 0 Å². The molecular weight excluding hydrogens is 418 g/mol. The Morgan fingerprint density at radius 2 is 1.74 bits per heavy atom. The van der Waals surface area contributed by atoms with Crippen molar-refractivity contribution in [2.24, 2.45) is 0 Å². The SMILES string of the molecule is CC(C)(C)[Si](C)(C)O[C@@H]1C[C@H]2C(OCC#C[Si](C)(C)C)=C(c3ccccc3)C(=O)N2C1. The Balaban J connectivity index is 1.86. The lowest BCUT2D eigenvalue weighted by atomic mass is 10.0. The van der Waals surface area contributed by atoms with Crippen LogP contribution in [-0.4, -0.2) is 52.5 Å². The average Bonchev–Trinajstić information content (AvgIpc) is 3.15. The summed E-state index contributed by atoms with van der Waals surface area (Å²) in [6.07, 6.45) is 0.838. The Morgan fingerprint density at radius 1 is 1.10 bits per heavy atom. The number of hydrogen-bond donors (Lipinski definition) is 0. The van der Waals surface area contributed by atoms with Gasteiger partial charge in [0, 0.05) is 13.0 Å². The molecule has 0 aliphatic carbocycles. The van der Waals surface area contributed by atoms with Gasteiger partial charge in [-0.05, 0) is 23.7 Å². The van der Waals surface area contributed by atoms with E-state index < -0.39 is 16.4 Å². The van der Waals surface area contributed by atoms with Crippen LogP contribution in [0.5, 0.6) is 0 Å². The van der Waals surface area contributed by atoms with E-state index in [1.165, 1.54) is 0 Å². The van der Waals surface area contributed by atoms with Crippen LogP contribution < -0.4 is 0 Å². The fourth-order valence-corrected chi connectivity index (χ4v) is 5.78. The van der Waals surface area contributed by atoms with E-state index in [9.17, 15) is 4.79 Å². The number of amides is 1. The molecule has 2 heterocycles. The second-order valence-electron chi connectivity index (χ2n) is 11.2. The smallest absolute Gasteiger partial charge is 0.258 e. The van der Waals surface area contributed by atoms with Crippen molar-refractivity contribution in [2.45, 2.75) is 77.1 Å². The van der Waals surface area contributed by atoms with Crippen LogP contribution in [0.3, 0.4) is 0 Å². The number of carbonyl (C=O) groups is 1. The molecule has 168 valence electrons. The number of fused-ring (bicyclic) bond motifs is 1. The number of ether oxygens (including phenoxy) is 1. The fourth-order valence-electron chi connectivity index (χ4n) is 3.82. The van der Waals surface area contributed by atoms with Gasteiger partial charge < -0.3 is 14.1 Å². The minimum Gasteiger partial charge on any atom is -0.482 e. The van der Waals surface area contributed by atoms with Crippen LogP contribution in [0, 0.1) is 11.5 Å². The molecular formula is C25H37NO3Si2. The highest BCUT2D eigenvalue weighted by atomic mass is 28.4. The Kier molecular flexibility index (Phi) is 6.62. The van der Waals surface area contributed by atoms with Gasteiger partial charge in [0.1, 0.15) is 20.4 Å². The van der Waals surface area contributed by atoms with Crippen molar-refractivity contribution in [2.75, 3.05) is 13.2 Å². The largest absolute Gasteiger partial charge is 0.482 e. The zero-order chi connectivity index (χ0) is 23.0. The fraction of sp³-hybridized carbons (Fsp3) is 0.560. The topological polar surface area (TPSA) is 38.8 Å². The first kappa shape index (κ1) is 23.8. The Hall–Kier alpha value is -1.82. The normalized spacial score (nSPS) is 21.8. The second kappa shape index (κ2) is 8.61. The van der Waals surface area contributed by atoms with Gasteiger partial charge in [-0.15, -0.1) is 5.54 Å². The molecule has 0 aromatic heterocycles. The van der Waals surface area contributed by atoms with Crippen LogP contribution in [0.2, 0.25) is 37.8 Å².